The molecule has 2 nitrogen and oxygen atoms in total. The molecular weight excluding hydrogens is 232 g/mol. The summed E-state index contributed by atoms with van der Waals surface area (Å²) >= 11 is 4.36. The molecule has 0 saturated heterocycles. The van der Waals surface area contributed by atoms with E-state index in [0.717, 1.165) is 24.0 Å². The zero-order chi connectivity index (χ0) is 12.4. The van der Waals surface area contributed by atoms with E-state index < -0.39 is 0 Å². The van der Waals surface area contributed by atoms with Gasteiger partial charge in [0.25, 0.3) is 0 Å². The normalized spacial score (nSPS) is 13.9. The highest BCUT2D eigenvalue weighted by Gasteiger charge is 2.25. The summed E-state index contributed by atoms with van der Waals surface area (Å²) in [6, 6.07) is 3.56. The summed E-state index contributed by atoms with van der Waals surface area (Å²) in [6.07, 6.45) is 3.66. The maximum absolute atomic E-state index is 12.1. The number of ketones is 2. The van der Waals surface area contributed by atoms with Gasteiger partial charge in [-0.05, 0) is 30.5 Å². The van der Waals surface area contributed by atoms with Crippen LogP contribution in [0.5, 0.6) is 0 Å². The summed E-state index contributed by atoms with van der Waals surface area (Å²) in [6.45, 7) is 2.06. The summed E-state index contributed by atoms with van der Waals surface area (Å²) in [5, 5.41) is 0. The Kier molecular flexibility index (Phi) is 3.67. The molecule has 0 unspecified atom stereocenters. The fourth-order valence-electron chi connectivity index (χ4n) is 2.30. The highest BCUT2D eigenvalue weighted by molar-refractivity contribution is 7.80. The van der Waals surface area contributed by atoms with Gasteiger partial charge in [0, 0.05) is 28.9 Å². The monoisotopic (exact) mass is 248 g/mol. The molecular formula is C14H16O2S. The molecule has 3 heteroatoms. The van der Waals surface area contributed by atoms with E-state index in [2.05, 4.69) is 19.6 Å². The standard InChI is InChI=1S/C14H16O2S/c1-2-3-4-12(16)14-10-5-7-11(15)9(10)6-8-13(14)17/h6,8,17H,2-5,7H2,1H3. The Morgan fingerprint density at radius 1 is 1.35 bits per heavy atom. The molecule has 0 saturated carbocycles. The zero-order valence-corrected chi connectivity index (χ0v) is 10.8. The van der Waals surface area contributed by atoms with E-state index in [4.69, 9.17) is 0 Å². The number of unbranched alkanes of at least 4 members (excludes halogenated alkanes) is 1. The lowest BCUT2D eigenvalue weighted by atomic mass is 9.97. The molecule has 2 rings (SSSR count). The van der Waals surface area contributed by atoms with Crippen molar-refractivity contribution < 1.29 is 9.59 Å². The molecule has 0 N–H and O–H groups in total. The molecule has 90 valence electrons. The van der Waals surface area contributed by atoms with E-state index in [1.54, 1.807) is 12.1 Å². The number of Topliss-reactive ketones (excluding diaryl/α,β-unsaturated/α-hetero) is 2. The number of hydrogen-bond acceptors (Lipinski definition) is 3. The first-order valence-electron chi connectivity index (χ1n) is 6.06. The Morgan fingerprint density at radius 2 is 2.12 bits per heavy atom. The van der Waals surface area contributed by atoms with E-state index in [0.29, 0.717) is 29.7 Å². The molecule has 1 aromatic carbocycles. The highest BCUT2D eigenvalue weighted by Crippen LogP contribution is 2.30. The summed E-state index contributed by atoms with van der Waals surface area (Å²) in [5.41, 5.74) is 2.33. The molecule has 1 aliphatic rings. The predicted molar refractivity (Wildman–Crippen MR) is 70.2 cm³/mol. The van der Waals surface area contributed by atoms with Gasteiger partial charge in [0.05, 0.1) is 0 Å². The number of carbonyl (C=O) groups excluding carboxylic acids is 2. The molecule has 1 aliphatic carbocycles. The van der Waals surface area contributed by atoms with Crippen molar-refractivity contribution in [3.05, 3.63) is 28.8 Å². The lowest BCUT2D eigenvalue weighted by molar-refractivity contribution is 0.0974. The number of fused-ring (bicyclic) bond motifs is 1. The second kappa shape index (κ2) is 5.05. The molecule has 0 spiro atoms. The zero-order valence-electron chi connectivity index (χ0n) is 9.95. The van der Waals surface area contributed by atoms with Gasteiger partial charge in [-0.15, -0.1) is 12.6 Å². The molecule has 1 aromatic rings. The van der Waals surface area contributed by atoms with Crippen LogP contribution in [0, 0.1) is 0 Å². The van der Waals surface area contributed by atoms with Crippen molar-refractivity contribution in [1.82, 2.24) is 0 Å². The number of carbonyl (C=O) groups is 2. The van der Waals surface area contributed by atoms with Crippen molar-refractivity contribution in [2.75, 3.05) is 0 Å². The minimum atomic E-state index is 0.128. The Hall–Kier alpha value is -1.09. The quantitative estimate of drug-likeness (QED) is 0.654. The average Bonchev–Trinajstić information content (AvgIpc) is 2.68. The van der Waals surface area contributed by atoms with Gasteiger partial charge in [-0.1, -0.05) is 13.3 Å². The molecule has 0 bridgehead atoms. The van der Waals surface area contributed by atoms with Crippen LogP contribution in [0.4, 0.5) is 0 Å². The Balaban J connectivity index is 2.40. The van der Waals surface area contributed by atoms with Crippen LogP contribution in [0.2, 0.25) is 0 Å². The summed E-state index contributed by atoms with van der Waals surface area (Å²) < 4.78 is 0. The van der Waals surface area contributed by atoms with Crippen LogP contribution < -0.4 is 0 Å². The first kappa shape index (κ1) is 12.4. The van der Waals surface area contributed by atoms with Crippen molar-refractivity contribution in [2.45, 2.75) is 43.9 Å². The first-order valence-corrected chi connectivity index (χ1v) is 6.51. The summed E-state index contributed by atoms with van der Waals surface area (Å²) in [5.74, 6) is 0.279. The van der Waals surface area contributed by atoms with E-state index >= 15 is 0 Å². The predicted octanol–water partition coefficient (Wildman–Crippen LogP) is 3.48. The smallest absolute Gasteiger partial charge is 0.164 e. The van der Waals surface area contributed by atoms with Crippen LogP contribution in [0.3, 0.4) is 0 Å². The van der Waals surface area contributed by atoms with E-state index in [-0.39, 0.29) is 11.6 Å². The number of thiol groups is 1. The van der Waals surface area contributed by atoms with Crippen LogP contribution in [0.25, 0.3) is 0 Å². The van der Waals surface area contributed by atoms with E-state index in [9.17, 15) is 9.59 Å². The van der Waals surface area contributed by atoms with Gasteiger partial charge in [0.1, 0.15) is 0 Å². The van der Waals surface area contributed by atoms with Gasteiger partial charge in [0.15, 0.2) is 11.6 Å². The van der Waals surface area contributed by atoms with Gasteiger partial charge in [-0.3, -0.25) is 9.59 Å². The number of benzene rings is 1. The summed E-state index contributed by atoms with van der Waals surface area (Å²) in [4.78, 5) is 24.5. The third kappa shape index (κ3) is 2.29. The molecule has 0 fully saturated rings. The molecule has 0 amide bonds. The van der Waals surface area contributed by atoms with Gasteiger partial charge in [-0.2, -0.15) is 0 Å². The largest absolute Gasteiger partial charge is 0.294 e. The van der Waals surface area contributed by atoms with Gasteiger partial charge in [0.2, 0.25) is 0 Å². The minimum Gasteiger partial charge on any atom is -0.294 e. The molecule has 17 heavy (non-hydrogen) atoms. The highest BCUT2D eigenvalue weighted by atomic mass is 32.1. The van der Waals surface area contributed by atoms with Crippen molar-refractivity contribution >= 4 is 24.2 Å². The number of rotatable bonds is 4. The second-order valence-electron chi connectivity index (χ2n) is 4.44. The van der Waals surface area contributed by atoms with Crippen molar-refractivity contribution in [3.63, 3.8) is 0 Å². The van der Waals surface area contributed by atoms with Crippen LogP contribution >= 0.6 is 12.6 Å². The van der Waals surface area contributed by atoms with E-state index in [1.165, 1.54) is 0 Å². The van der Waals surface area contributed by atoms with Crippen LogP contribution in [-0.4, -0.2) is 11.6 Å². The first-order chi connectivity index (χ1) is 8.15. The van der Waals surface area contributed by atoms with Crippen molar-refractivity contribution in [2.24, 2.45) is 0 Å². The van der Waals surface area contributed by atoms with Crippen molar-refractivity contribution in [3.8, 4) is 0 Å². The molecule has 0 atom stereocenters. The average molecular weight is 248 g/mol. The maximum atomic E-state index is 12.1. The lowest BCUT2D eigenvalue weighted by Crippen LogP contribution is -2.05. The number of hydrogen-bond donors (Lipinski definition) is 1. The van der Waals surface area contributed by atoms with Crippen LogP contribution in [0.15, 0.2) is 17.0 Å². The van der Waals surface area contributed by atoms with Crippen molar-refractivity contribution in [1.29, 1.82) is 0 Å². The second-order valence-corrected chi connectivity index (χ2v) is 4.92. The minimum absolute atomic E-state index is 0.128. The fraction of sp³-hybridized carbons (Fsp3) is 0.429. The fourth-order valence-corrected chi connectivity index (χ4v) is 2.64. The van der Waals surface area contributed by atoms with Gasteiger partial charge < -0.3 is 0 Å². The Morgan fingerprint density at radius 3 is 2.82 bits per heavy atom. The Labute approximate surface area is 107 Å². The van der Waals surface area contributed by atoms with Gasteiger partial charge in [-0.25, -0.2) is 0 Å². The molecule has 0 heterocycles. The Bertz CT molecular complexity index is 477. The topological polar surface area (TPSA) is 34.1 Å². The van der Waals surface area contributed by atoms with E-state index in [1.807, 2.05) is 0 Å². The molecule has 0 aliphatic heterocycles. The third-order valence-electron chi connectivity index (χ3n) is 3.23. The van der Waals surface area contributed by atoms with Crippen LogP contribution in [-0.2, 0) is 6.42 Å². The molecule has 0 radical (unpaired) electrons. The van der Waals surface area contributed by atoms with Gasteiger partial charge >= 0.3 is 0 Å². The maximum Gasteiger partial charge on any atom is 0.164 e. The SMILES string of the molecule is CCCCC(=O)c1c(S)ccc2c1CCC2=O. The summed E-state index contributed by atoms with van der Waals surface area (Å²) in [7, 11) is 0. The third-order valence-corrected chi connectivity index (χ3v) is 3.60. The van der Waals surface area contributed by atoms with Crippen LogP contribution in [0.1, 0.15) is 58.9 Å². The lowest BCUT2D eigenvalue weighted by Gasteiger charge is -2.09. The molecule has 0 aromatic heterocycles.